The lowest BCUT2D eigenvalue weighted by Crippen LogP contribution is -1.89. The van der Waals surface area contributed by atoms with Crippen molar-refractivity contribution in [2.45, 2.75) is 16.8 Å². The number of aromatic nitrogens is 1. The van der Waals surface area contributed by atoms with Gasteiger partial charge >= 0.3 is 0 Å². The molecule has 0 aliphatic carbocycles. The third kappa shape index (κ3) is 2.23. The van der Waals surface area contributed by atoms with Gasteiger partial charge in [-0.3, -0.25) is 0 Å². The third-order valence-electron chi connectivity index (χ3n) is 2.19. The van der Waals surface area contributed by atoms with Crippen LogP contribution in [0.4, 0.5) is 0 Å². The van der Waals surface area contributed by atoms with Crippen molar-refractivity contribution >= 4 is 11.8 Å². The van der Waals surface area contributed by atoms with Crippen LogP contribution >= 0.6 is 11.8 Å². The summed E-state index contributed by atoms with van der Waals surface area (Å²) >= 11 is 1.52. The van der Waals surface area contributed by atoms with Gasteiger partial charge in [0.25, 0.3) is 0 Å². The lowest BCUT2D eigenvalue weighted by Gasteiger charge is -2.04. The Morgan fingerprint density at radius 2 is 1.94 bits per heavy atom. The van der Waals surface area contributed by atoms with Crippen LogP contribution in [0.1, 0.15) is 11.1 Å². The molecule has 78 valence electrons. The zero-order valence-electron chi connectivity index (χ0n) is 8.84. The van der Waals surface area contributed by atoms with Crippen LogP contribution in [0.5, 0.6) is 0 Å². The number of benzene rings is 1. The van der Waals surface area contributed by atoms with Gasteiger partial charge in [0.2, 0.25) is 0 Å². The van der Waals surface area contributed by atoms with E-state index < -0.39 is 0 Å². The zero-order chi connectivity index (χ0) is 11.4. The summed E-state index contributed by atoms with van der Waals surface area (Å²) in [5.41, 5.74) is 1.63. The van der Waals surface area contributed by atoms with Crippen molar-refractivity contribution < 1.29 is 0 Å². The van der Waals surface area contributed by atoms with E-state index in [0.29, 0.717) is 5.56 Å². The molecule has 2 aromatic rings. The Morgan fingerprint density at radius 1 is 1.19 bits per heavy atom. The molecule has 0 N–H and O–H groups in total. The fourth-order valence-corrected chi connectivity index (χ4v) is 2.29. The maximum atomic E-state index is 9.07. The van der Waals surface area contributed by atoms with Crippen molar-refractivity contribution in [2.75, 3.05) is 0 Å². The highest BCUT2D eigenvalue weighted by molar-refractivity contribution is 7.99. The number of aryl methyl sites for hydroxylation is 1. The minimum atomic E-state index is 0.663. The van der Waals surface area contributed by atoms with E-state index in [1.165, 1.54) is 11.8 Å². The summed E-state index contributed by atoms with van der Waals surface area (Å²) in [5.74, 6) is 0. The van der Waals surface area contributed by atoms with Crippen LogP contribution in [0, 0.1) is 18.3 Å². The highest BCUT2D eigenvalue weighted by atomic mass is 32.2. The number of pyridine rings is 1. The Balaban J connectivity index is 2.36. The van der Waals surface area contributed by atoms with Crippen LogP contribution in [0.15, 0.2) is 52.5 Å². The molecule has 0 amide bonds. The van der Waals surface area contributed by atoms with Gasteiger partial charge in [0.05, 0.1) is 5.56 Å². The smallest absolute Gasteiger partial charge is 0.119 e. The highest BCUT2D eigenvalue weighted by Crippen LogP contribution is 2.29. The number of nitriles is 1. The minimum absolute atomic E-state index is 0.663. The molecule has 2 rings (SSSR count). The average Bonchev–Trinajstić information content (AvgIpc) is 2.31. The number of rotatable bonds is 2. The normalized spacial score (nSPS) is 9.75. The second-order valence-electron chi connectivity index (χ2n) is 3.33. The van der Waals surface area contributed by atoms with E-state index in [4.69, 9.17) is 5.26 Å². The molecule has 2 nitrogen and oxygen atoms in total. The fourth-order valence-electron chi connectivity index (χ4n) is 1.35. The van der Waals surface area contributed by atoms with Gasteiger partial charge in [-0.15, -0.1) is 0 Å². The molecule has 0 saturated carbocycles. The molecule has 0 spiro atoms. The molecular weight excluding hydrogens is 216 g/mol. The molecule has 0 aliphatic rings. The van der Waals surface area contributed by atoms with Gasteiger partial charge in [-0.1, -0.05) is 30.0 Å². The lowest BCUT2D eigenvalue weighted by molar-refractivity contribution is 1.08. The topological polar surface area (TPSA) is 36.7 Å². The first kappa shape index (κ1) is 10.7. The van der Waals surface area contributed by atoms with Gasteiger partial charge < -0.3 is 0 Å². The van der Waals surface area contributed by atoms with Gasteiger partial charge in [-0.25, -0.2) is 4.98 Å². The van der Waals surface area contributed by atoms with Crippen LogP contribution in [0.3, 0.4) is 0 Å². The number of hydrogen-bond donors (Lipinski definition) is 0. The van der Waals surface area contributed by atoms with Gasteiger partial charge in [0, 0.05) is 11.1 Å². The summed E-state index contributed by atoms with van der Waals surface area (Å²) in [6, 6.07) is 14.0. The molecule has 1 aromatic carbocycles. The van der Waals surface area contributed by atoms with Crippen molar-refractivity contribution in [2.24, 2.45) is 0 Å². The van der Waals surface area contributed by atoms with Gasteiger partial charge in [-0.05, 0) is 30.7 Å². The molecule has 0 radical (unpaired) electrons. The molecule has 1 aromatic heterocycles. The Hall–Kier alpha value is -1.79. The van der Waals surface area contributed by atoms with Crippen LogP contribution in [0.2, 0.25) is 0 Å². The first-order valence-electron chi connectivity index (χ1n) is 4.90. The van der Waals surface area contributed by atoms with Crippen LogP contribution in [-0.2, 0) is 0 Å². The van der Waals surface area contributed by atoms with E-state index in [9.17, 15) is 0 Å². The van der Waals surface area contributed by atoms with Gasteiger partial charge in [0.1, 0.15) is 11.1 Å². The Labute approximate surface area is 99.0 Å². The first-order chi connectivity index (χ1) is 7.81. The SMILES string of the molecule is Cc1ccnc(Sc2ccccc2)c1C#N. The van der Waals surface area contributed by atoms with Crippen LogP contribution < -0.4 is 0 Å². The molecule has 0 aliphatic heterocycles. The summed E-state index contributed by atoms with van der Waals surface area (Å²) < 4.78 is 0. The van der Waals surface area contributed by atoms with Crippen molar-refractivity contribution in [1.29, 1.82) is 5.26 Å². The number of nitrogens with zero attached hydrogens (tertiary/aromatic N) is 2. The molecule has 3 heteroatoms. The van der Waals surface area contributed by atoms with E-state index in [-0.39, 0.29) is 0 Å². The summed E-state index contributed by atoms with van der Waals surface area (Å²) in [7, 11) is 0. The summed E-state index contributed by atoms with van der Waals surface area (Å²) in [6.07, 6.45) is 1.74. The van der Waals surface area contributed by atoms with Gasteiger partial charge in [-0.2, -0.15) is 5.26 Å². The van der Waals surface area contributed by atoms with Crippen LogP contribution in [0.25, 0.3) is 0 Å². The quantitative estimate of drug-likeness (QED) is 0.787. The lowest BCUT2D eigenvalue weighted by atomic mass is 10.2. The van der Waals surface area contributed by atoms with Crippen molar-refractivity contribution in [3.63, 3.8) is 0 Å². The molecule has 0 bridgehead atoms. The highest BCUT2D eigenvalue weighted by Gasteiger charge is 2.07. The Kier molecular flexibility index (Phi) is 3.23. The van der Waals surface area contributed by atoms with Crippen molar-refractivity contribution in [1.82, 2.24) is 4.98 Å². The average molecular weight is 226 g/mol. The summed E-state index contributed by atoms with van der Waals surface area (Å²) in [6.45, 7) is 1.93. The van der Waals surface area contributed by atoms with E-state index in [2.05, 4.69) is 11.1 Å². The molecule has 0 saturated heterocycles. The second-order valence-corrected chi connectivity index (χ2v) is 4.40. The molecule has 16 heavy (non-hydrogen) atoms. The fraction of sp³-hybridized carbons (Fsp3) is 0.0769. The predicted molar refractivity (Wildman–Crippen MR) is 64.3 cm³/mol. The monoisotopic (exact) mass is 226 g/mol. The van der Waals surface area contributed by atoms with E-state index in [1.54, 1.807) is 6.20 Å². The maximum absolute atomic E-state index is 9.07. The van der Waals surface area contributed by atoms with Crippen LogP contribution in [-0.4, -0.2) is 4.98 Å². The molecular formula is C13H10N2S. The zero-order valence-corrected chi connectivity index (χ0v) is 9.66. The van der Waals surface area contributed by atoms with Crippen molar-refractivity contribution in [3.05, 3.63) is 53.7 Å². The Bertz CT molecular complexity index is 529. The molecule has 0 fully saturated rings. The number of hydrogen-bond acceptors (Lipinski definition) is 3. The molecule has 0 unspecified atom stereocenters. The Morgan fingerprint density at radius 3 is 2.62 bits per heavy atom. The third-order valence-corrected chi connectivity index (χ3v) is 3.20. The second kappa shape index (κ2) is 4.82. The van der Waals surface area contributed by atoms with Crippen molar-refractivity contribution in [3.8, 4) is 6.07 Å². The van der Waals surface area contributed by atoms with E-state index in [0.717, 1.165) is 15.5 Å². The van der Waals surface area contributed by atoms with Gasteiger partial charge in [0.15, 0.2) is 0 Å². The molecule has 1 heterocycles. The molecule has 0 atom stereocenters. The standard InChI is InChI=1S/C13H10N2S/c1-10-7-8-15-13(12(10)9-14)16-11-5-3-2-4-6-11/h2-8H,1H3. The summed E-state index contributed by atoms with van der Waals surface area (Å²) in [5, 5.41) is 9.85. The van der Waals surface area contributed by atoms with E-state index >= 15 is 0 Å². The van der Waals surface area contributed by atoms with E-state index in [1.807, 2.05) is 43.3 Å². The summed E-state index contributed by atoms with van der Waals surface area (Å²) in [4.78, 5) is 5.34. The maximum Gasteiger partial charge on any atom is 0.119 e. The minimum Gasteiger partial charge on any atom is -0.248 e. The predicted octanol–water partition coefficient (Wildman–Crippen LogP) is 3.41. The largest absolute Gasteiger partial charge is 0.248 e. The first-order valence-corrected chi connectivity index (χ1v) is 5.71.